The molecule has 1 aliphatic carbocycles. The van der Waals surface area contributed by atoms with Gasteiger partial charge in [-0.25, -0.2) is 9.97 Å². The van der Waals surface area contributed by atoms with Gasteiger partial charge >= 0.3 is 0 Å². The standard InChI is InChI=1S/C9H10Cl2N2/c1-5-7(6-3-2-4-6)12-9(11)13-8(5)10/h6H,2-4H2,1H3. The summed E-state index contributed by atoms with van der Waals surface area (Å²) in [5.41, 5.74) is 2.02. The van der Waals surface area contributed by atoms with Crippen LogP contribution in [0, 0.1) is 6.92 Å². The Morgan fingerprint density at radius 3 is 2.46 bits per heavy atom. The molecule has 0 unspecified atom stereocenters. The van der Waals surface area contributed by atoms with Crippen molar-refractivity contribution in [2.75, 3.05) is 0 Å². The third-order valence-corrected chi connectivity index (χ3v) is 3.13. The van der Waals surface area contributed by atoms with Gasteiger partial charge in [-0.1, -0.05) is 18.0 Å². The minimum absolute atomic E-state index is 0.262. The number of nitrogens with zero attached hydrogens (tertiary/aromatic N) is 2. The van der Waals surface area contributed by atoms with Crippen LogP contribution < -0.4 is 0 Å². The van der Waals surface area contributed by atoms with Gasteiger partial charge in [-0.05, 0) is 31.4 Å². The topological polar surface area (TPSA) is 25.8 Å². The van der Waals surface area contributed by atoms with Gasteiger partial charge in [-0.15, -0.1) is 0 Å². The molecule has 1 aromatic heterocycles. The Morgan fingerprint density at radius 2 is 1.92 bits per heavy atom. The maximum Gasteiger partial charge on any atom is 0.224 e. The van der Waals surface area contributed by atoms with Crippen LogP contribution in [0.5, 0.6) is 0 Å². The monoisotopic (exact) mass is 216 g/mol. The van der Waals surface area contributed by atoms with E-state index in [2.05, 4.69) is 9.97 Å². The molecule has 0 bridgehead atoms. The second-order valence-electron chi connectivity index (χ2n) is 3.42. The highest BCUT2D eigenvalue weighted by Gasteiger charge is 2.24. The van der Waals surface area contributed by atoms with Crippen molar-refractivity contribution in [3.63, 3.8) is 0 Å². The Bertz CT molecular complexity index is 335. The highest BCUT2D eigenvalue weighted by molar-refractivity contribution is 6.32. The van der Waals surface area contributed by atoms with Gasteiger partial charge in [0.25, 0.3) is 0 Å². The molecule has 2 rings (SSSR count). The first-order chi connectivity index (χ1) is 6.18. The predicted octanol–water partition coefficient (Wildman–Crippen LogP) is 3.36. The number of rotatable bonds is 1. The normalized spacial score (nSPS) is 17.2. The number of hydrogen-bond acceptors (Lipinski definition) is 2. The molecule has 0 aliphatic heterocycles. The zero-order valence-corrected chi connectivity index (χ0v) is 8.86. The van der Waals surface area contributed by atoms with Gasteiger partial charge in [0.2, 0.25) is 5.28 Å². The lowest BCUT2D eigenvalue weighted by Gasteiger charge is -2.26. The first-order valence-corrected chi connectivity index (χ1v) is 5.13. The summed E-state index contributed by atoms with van der Waals surface area (Å²) in [5, 5.41) is 0.749. The fourth-order valence-electron chi connectivity index (χ4n) is 1.56. The molecule has 2 nitrogen and oxygen atoms in total. The van der Waals surface area contributed by atoms with E-state index in [1.165, 1.54) is 19.3 Å². The molecule has 0 amide bonds. The minimum Gasteiger partial charge on any atom is -0.222 e. The third kappa shape index (κ3) is 1.65. The van der Waals surface area contributed by atoms with Crippen molar-refractivity contribution in [1.82, 2.24) is 9.97 Å². The van der Waals surface area contributed by atoms with E-state index < -0.39 is 0 Å². The Morgan fingerprint density at radius 1 is 1.23 bits per heavy atom. The summed E-state index contributed by atoms with van der Waals surface area (Å²) in [6, 6.07) is 0. The highest BCUT2D eigenvalue weighted by Crippen LogP contribution is 2.38. The highest BCUT2D eigenvalue weighted by atomic mass is 35.5. The van der Waals surface area contributed by atoms with E-state index in [0.717, 1.165) is 11.3 Å². The molecule has 0 spiro atoms. The molecule has 13 heavy (non-hydrogen) atoms. The van der Waals surface area contributed by atoms with E-state index in [-0.39, 0.29) is 5.28 Å². The van der Waals surface area contributed by atoms with Crippen molar-refractivity contribution in [3.05, 3.63) is 21.7 Å². The summed E-state index contributed by atoms with van der Waals surface area (Å²) in [6.07, 6.45) is 3.68. The molecule has 0 aromatic carbocycles. The van der Waals surface area contributed by atoms with Crippen LogP contribution in [0.1, 0.15) is 36.4 Å². The average Bonchev–Trinajstić information content (AvgIpc) is 1.95. The Labute approximate surface area is 87.3 Å². The molecule has 0 N–H and O–H groups in total. The van der Waals surface area contributed by atoms with Crippen LogP contribution in [0.3, 0.4) is 0 Å². The lowest BCUT2D eigenvalue weighted by Crippen LogP contribution is -2.13. The fraction of sp³-hybridized carbons (Fsp3) is 0.556. The van der Waals surface area contributed by atoms with Gasteiger partial charge in [0.05, 0.1) is 5.69 Å². The summed E-state index contributed by atoms with van der Waals surface area (Å²) in [5.74, 6) is 0.554. The van der Waals surface area contributed by atoms with Crippen molar-refractivity contribution in [3.8, 4) is 0 Å². The van der Waals surface area contributed by atoms with Crippen LogP contribution in [0.25, 0.3) is 0 Å². The van der Waals surface area contributed by atoms with Crippen molar-refractivity contribution >= 4 is 23.2 Å². The summed E-state index contributed by atoms with van der Waals surface area (Å²) >= 11 is 11.6. The number of halogens is 2. The molecule has 1 fully saturated rings. The van der Waals surface area contributed by atoms with Gasteiger partial charge in [0, 0.05) is 11.5 Å². The smallest absolute Gasteiger partial charge is 0.222 e. The lowest BCUT2D eigenvalue weighted by atomic mass is 9.81. The molecule has 0 atom stereocenters. The quantitative estimate of drug-likeness (QED) is 0.532. The molecule has 1 aliphatic rings. The van der Waals surface area contributed by atoms with Crippen molar-refractivity contribution in [1.29, 1.82) is 0 Å². The fourth-order valence-corrected chi connectivity index (χ4v) is 1.95. The van der Waals surface area contributed by atoms with Crippen molar-refractivity contribution in [2.24, 2.45) is 0 Å². The minimum atomic E-state index is 0.262. The SMILES string of the molecule is Cc1c(Cl)nc(Cl)nc1C1CCC1. The Kier molecular flexibility index (Phi) is 2.43. The van der Waals surface area contributed by atoms with Crippen LogP contribution in [0.2, 0.25) is 10.4 Å². The van der Waals surface area contributed by atoms with Gasteiger partial charge in [0.15, 0.2) is 0 Å². The van der Waals surface area contributed by atoms with Crippen LogP contribution >= 0.6 is 23.2 Å². The van der Waals surface area contributed by atoms with E-state index in [1.54, 1.807) is 0 Å². The summed E-state index contributed by atoms with van der Waals surface area (Å²) in [7, 11) is 0. The average molecular weight is 217 g/mol. The van der Waals surface area contributed by atoms with Gasteiger partial charge < -0.3 is 0 Å². The predicted molar refractivity (Wildman–Crippen MR) is 53.4 cm³/mol. The second kappa shape index (κ2) is 3.43. The Hall–Kier alpha value is -0.340. The molecule has 0 saturated heterocycles. The van der Waals surface area contributed by atoms with Crippen LogP contribution in [-0.2, 0) is 0 Å². The second-order valence-corrected chi connectivity index (χ2v) is 4.12. The molecule has 1 saturated carbocycles. The molecular formula is C9H10Cl2N2. The van der Waals surface area contributed by atoms with Crippen LogP contribution in [0.15, 0.2) is 0 Å². The van der Waals surface area contributed by atoms with E-state index >= 15 is 0 Å². The van der Waals surface area contributed by atoms with Crippen molar-refractivity contribution < 1.29 is 0 Å². The summed E-state index contributed by atoms with van der Waals surface area (Å²) in [6.45, 7) is 1.95. The third-order valence-electron chi connectivity index (χ3n) is 2.59. The van der Waals surface area contributed by atoms with E-state index in [0.29, 0.717) is 11.1 Å². The van der Waals surface area contributed by atoms with Crippen LogP contribution in [-0.4, -0.2) is 9.97 Å². The van der Waals surface area contributed by atoms with Gasteiger partial charge in [-0.3, -0.25) is 0 Å². The molecule has 4 heteroatoms. The zero-order chi connectivity index (χ0) is 9.42. The maximum absolute atomic E-state index is 5.91. The molecule has 70 valence electrons. The largest absolute Gasteiger partial charge is 0.224 e. The van der Waals surface area contributed by atoms with Gasteiger partial charge in [0.1, 0.15) is 5.15 Å². The van der Waals surface area contributed by atoms with E-state index in [9.17, 15) is 0 Å². The van der Waals surface area contributed by atoms with Crippen molar-refractivity contribution in [2.45, 2.75) is 32.1 Å². The van der Waals surface area contributed by atoms with E-state index in [1.807, 2.05) is 6.92 Å². The van der Waals surface area contributed by atoms with E-state index in [4.69, 9.17) is 23.2 Å². The molecule has 1 aromatic rings. The summed E-state index contributed by atoms with van der Waals surface area (Å²) in [4.78, 5) is 8.12. The summed E-state index contributed by atoms with van der Waals surface area (Å²) < 4.78 is 0. The zero-order valence-electron chi connectivity index (χ0n) is 7.35. The molecular weight excluding hydrogens is 207 g/mol. The maximum atomic E-state index is 5.91. The Balaban J connectivity index is 2.42. The van der Waals surface area contributed by atoms with Crippen LogP contribution in [0.4, 0.5) is 0 Å². The number of hydrogen-bond donors (Lipinski definition) is 0. The lowest BCUT2D eigenvalue weighted by molar-refractivity contribution is 0.409. The number of aromatic nitrogens is 2. The molecule has 1 heterocycles. The van der Waals surface area contributed by atoms with Gasteiger partial charge in [-0.2, -0.15) is 0 Å². The first-order valence-electron chi connectivity index (χ1n) is 4.38. The molecule has 0 radical (unpaired) electrons. The first kappa shape index (κ1) is 9.22.